The van der Waals surface area contributed by atoms with Gasteiger partial charge in [-0.15, -0.1) is 0 Å². The highest BCUT2D eigenvalue weighted by Gasteiger charge is 2.30. The number of amides is 1. The van der Waals surface area contributed by atoms with E-state index in [1.54, 1.807) is 18.3 Å². The van der Waals surface area contributed by atoms with E-state index in [1.807, 2.05) is 16.8 Å². The average Bonchev–Trinajstić information content (AvgIpc) is 2.97. The van der Waals surface area contributed by atoms with Gasteiger partial charge in [0.15, 0.2) is 0 Å². The molecule has 2 nitrogen and oxygen atoms in total. The van der Waals surface area contributed by atoms with Crippen LogP contribution in [0.4, 0.5) is 13.2 Å². The molecule has 0 spiro atoms. The second kappa shape index (κ2) is 6.96. The van der Waals surface area contributed by atoms with Crippen LogP contribution in [0.1, 0.15) is 36.1 Å². The Morgan fingerprint density at radius 3 is 2.45 bits per heavy atom. The molecule has 1 aromatic carbocycles. The first-order valence-corrected chi connectivity index (χ1v) is 7.78. The fourth-order valence-electron chi connectivity index (χ4n) is 2.05. The minimum atomic E-state index is -4.34. The number of halogens is 3. The van der Waals surface area contributed by atoms with E-state index in [1.165, 1.54) is 12.1 Å². The zero-order chi connectivity index (χ0) is 16.2. The second-order valence-corrected chi connectivity index (χ2v) is 5.82. The zero-order valence-corrected chi connectivity index (χ0v) is 12.8. The maximum atomic E-state index is 12.5. The summed E-state index contributed by atoms with van der Waals surface area (Å²) in [7, 11) is 0. The molecule has 2 aromatic rings. The van der Waals surface area contributed by atoms with E-state index in [2.05, 4.69) is 5.32 Å². The molecule has 0 fully saturated rings. The number of thiophene rings is 1. The first kappa shape index (κ1) is 16.5. The Kier molecular flexibility index (Phi) is 5.24. The molecule has 6 heteroatoms. The van der Waals surface area contributed by atoms with E-state index in [0.717, 1.165) is 17.7 Å². The van der Waals surface area contributed by atoms with E-state index in [-0.39, 0.29) is 11.9 Å². The van der Waals surface area contributed by atoms with Gasteiger partial charge in [-0.2, -0.15) is 24.5 Å². The van der Waals surface area contributed by atoms with Crippen LogP contribution in [0, 0.1) is 0 Å². The van der Waals surface area contributed by atoms with Gasteiger partial charge in [-0.3, -0.25) is 4.79 Å². The van der Waals surface area contributed by atoms with E-state index >= 15 is 0 Å². The molecular formula is C16H16F3NOS. The fourth-order valence-corrected chi connectivity index (χ4v) is 2.75. The third-order valence-corrected chi connectivity index (χ3v) is 4.07. The summed E-state index contributed by atoms with van der Waals surface area (Å²) in [5.74, 6) is -0.112. The molecule has 1 aromatic heterocycles. The molecular weight excluding hydrogens is 311 g/mol. The van der Waals surface area contributed by atoms with Gasteiger partial charge in [0.2, 0.25) is 5.91 Å². The van der Waals surface area contributed by atoms with E-state index in [9.17, 15) is 18.0 Å². The van der Waals surface area contributed by atoms with Gasteiger partial charge in [0.05, 0.1) is 11.6 Å². The summed E-state index contributed by atoms with van der Waals surface area (Å²) >= 11 is 1.58. The van der Waals surface area contributed by atoms with E-state index in [4.69, 9.17) is 0 Å². The lowest BCUT2D eigenvalue weighted by atomic mass is 10.1. The van der Waals surface area contributed by atoms with Gasteiger partial charge in [-0.05, 0) is 53.4 Å². The molecule has 2 rings (SSSR count). The number of nitrogens with one attached hydrogen (secondary N) is 1. The lowest BCUT2D eigenvalue weighted by Crippen LogP contribution is -2.26. The summed E-state index contributed by atoms with van der Waals surface area (Å²) < 4.78 is 37.5. The molecule has 0 radical (unpaired) electrons. The fraction of sp³-hybridized carbons (Fsp3) is 0.312. The molecule has 0 aliphatic rings. The predicted molar refractivity (Wildman–Crippen MR) is 80.6 cm³/mol. The summed E-state index contributed by atoms with van der Waals surface area (Å²) in [6.07, 6.45) is -3.32. The molecule has 1 heterocycles. The van der Waals surface area contributed by atoms with Gasteiger partial charge in [-0.1, -0.05) is 12.1 Å². The van der Waals surface area contributed by atoms with Crippen molar-refractivity contribution in [3.63, 3.8) is 0 Å². The van der Waals surface area contributed by atoms with Crippen molar-refractivity contribution in [1.29, 1.82) is 0 Å². The van der Waals surface area contributed by atoms with Gasteiger partial charge < -0.3 is 5.32 Å². The lowest BCUT2D eigenvalue weighted by molar-refractivity contribution is -0.137. The van der Waals surface area contributed by atoms with E-state index in [0.29, 0.717) is 18.4 Å². The summed E-state index contributed by atoms with van der Waals surface area (Å²) in [6, 6.07) is 6.50. The summed E-state index contributed by atoms with van der Waals surface area (Å²) in [6.45, 7) is 1.76. The van der Waals surface area contributed by atoms with Crippen molar-refractivity contribution in [3.8, 4) is 0 Å². The van der Waals surface area contributed by atoms with Crippen LogP contribution >= 0.6 is 11.3 Å². The largest absolute Gasteiger partial charge is 0.416 e. The van der Waals surface area contributed by atoms with Crippen molar-refractivity contribution in [2.45, 2.75) is 32.0 Å². The third-order valence-electron chi connectivity index (χ3n) is 3.34. The maximum Gasteiger partial charge on any atom is 0.416 e. The van der Waals surface area contributed by atoms with Crippen LogP contribution in [0.25, 0.3) is 0 Å². The number of rotatable bonds is 5. The highest BCUT2D eigenvalue weighted by atomic mass is 32.1. The lowest BCUT2D eigenvalue weighted by Gasteiger charge is -2.15. The number of hydrogen-bond donors (Lipinski definition) is 1. The Bertz CT molecular complexity index is 605. The van der Waals surface area contributed by atoms with Gasteiger partial charge in [0.25, 0.3) is 0 Å². The number of benzene rings is 1. The Morgan fingerprint density at radius 2 is 1.91 bits per heavy atom. The Hall–Kier alpha value is -1.82. The molecule has 0 aliphatic heterocycles. The van der Waals surface area contributed by atoms with Crippen molar-refractivity contribution in [2.75, 3.05) is 0 Å². The molecule has 0 bridgehead atoms. The molecule has 0 saturated heterocycles. The highest BCUT2D eigenvalue weighted by molar-refractivity contribution is 7.07. The predicted octanol–water partition coefficient (Wildman–Crippen LogP) is 4.58. The van der Waals surface area contributed by atoms with Gasteiger partial charge >= 0.3 is 6.18 Å². The Morgan fingerprint density at radius 1 is 1.23 bits per heavy atom. The minimum Gasteiger partial charge on any atom is -0.350 e. The number of hydrogen-bond acceptors (Lipinski definition) is 2. The average molecular weight is 327 g/mol. The molecule has 1 unspecified atom stereocenters. The van der Waals surface area contributed by atoms with Crippen molar-refractivity contribution >= 4 is 17.2 Å². The smallest absolute Gasteiger partial charge is 0.350 e. The topological polar surface area (TPSA) is 29.1 Å². The van der Waals surface area contributed by atoms with Crippen molar-refractivity contribution in [1.82, 2.24) is 5.32 Å². The van der Waals surface area contributed by atoms with E-state index < -0.39 is 11.7 Å². The Labute approximate surface area is 131 Å². The number of aryl methyl sites for hydroxylation is 1. The quantitative estimate of drug-likeness (QED) is 0.856. The summed E-state index contributed by atoms with van der Waals surface area (Å²) in [5.41, 5.74) is 1.08. The van der Waals surface area contributed by atoms with Crippen LogP contribution in [0.2, 0.25) is 0 Å². The van der Waals surface area contributed by atoms with Gasteiger partial charge in [0.1, 0.15) is 0 Å². The third kappa shape index (κ3) is 4.59. The number of carbonyl (C=O) groups excluding carboxylic acids is 1. The van der Waals surface area contributed by atoms with Crippen LogP contribution < -0.4 is 5.32 Å². The molecule has 1 amide bonds. The molecule has 22 heavy (non-hydrogen) atoms. The maximum absolute atomic E-state index is 12.5. The zero-order valence-electron chi connectivity index (χ0n) is 12.0. The second-order valence-electron chi connectivity index (χ2n) is 5.04. The summed E-state index contributed by atoms with van der Waals surface area (Å²) in [5, 5.41) is 6.75. The number of carbonyl (C=O) groups is 1. The van der Waals surface area contributed by atoms with Crippen molar-refractivity contribution in [3.05, 3.63) is 57.8 Å². The minimum absolute atomic E-state index is 0.112. The summed E-state index contributed by atoms with van der Waals surface area (Å²) in [4.78, 5) is 11.9. The number of alkyl halides is 3. The van der Waals surface area contributed by atoms with Crippen molar-refractivity contribution in [2.24, 2.45) is 0 Å². The monoisotopic (exact) mass is 327 g/mol. The first-order valence-electron chi connectivity index (χ1n) is 6.84. The molecule has 0 saturated carbocycles. The van der Waals surface area contributed by atoms with Crippen LogP contribution in [-0.4, -0.2) is 5.91 Å². The van der Waals surface area contributed by atoms with Crippen LogP contribution in [-0.2, 0) is 17.4 Å². The Balaban J connectivity index is 1.88. The highest BCUT2D eigenvalue weighted by Crippen LogP contribution is 2.29. The normalized spacial score (nSPS) is 12.9. The first-order chi connectivity index (χ1) is 10.4. The SMILES string of the molecule is CC(NC(=O)CCc1ccsc1)c1ccc(C(F)(F)F)cc1. The molecule has 1 atom stereocenters. The molecule has 118 valence electrons. The van der Waals surface area contributed by atoms with Crippen molar-refractivity contribution < 1.29 is 18.0 Å². The van der Waals surface area contributed by atoms with Gasteiger partial charge in [-0.25, -0.2) is 0 Å². The molecule has 0 aliphatic carbocycles. The van der Waals surface area contributed by atoms with Crippen LogP contribution in [0.5, 0.6) is 0 Å². The van der Waals surface area contributed by atoms with Crippen LogP contribution in [0.3, 0.4) is 0 Å². The molecule has 1 N–H and O–H groups in total. The van der Waals surface area contributed by atoms with Gasteiger partial charge in [0, 0.05) is 6.42 Å². The standard InChI is InChI=1S/C16H16F3NOS/c1-11(13-3-5-14(6-4-13)16(17,18)19)20-15(21)7-2-12-8-9-22-10-12/h3-6,8-11H,2,7H2,1H3,(H,20,21). The van der Waals surface area contributed by atoms with Crippen LogP contribution in [0.15, 0.2) is 41.1 Å².